The quantitative estimate of drug-likeness (QED) is 0.453. The molecule has 0 amide bonds. The van der Waals surface area contributed by atoms with Crippen LogP contribution in [0.2, 0.25) is 0 Å². The van der Waals surface area contributed by atoms with Crippen LogP contribution in [-0.4, -0.2) is 0 Å². The Balaban J connectivity index is 0.00000121. The molecule has 0 bridgehead atoms. The van der Waals surface area contributed by atoms with E-state index in [1.807, 2.05) is 0 Å². The van der Waals surface area contributed by atoms with Crippen LogP contribution in [0.1, 0.15) is 49.4 Å². The third-order valence-corrected chi connectivity index (χ3v) is 7.51. The van der Waals surface area contributed by atoms with Crippen molar-refractivity contribution < 1.29 is 49.2 Å². The summed E-state index contributed by atoms with van der Waals surface area (Å²) in [5.74, 6) is 0. The SMILES string of the molecule is CC1=C(C)C(C)(C)C(C2=Cc3ccccc3[CH]2[Hf+2])=C1C.[Cl-].[Cl-]. The smallest absolute Gasteiger partial charge is 1.00 e. The van der Waals surface area contributed by atoms with Crippen molar-refractivity contribution in [3.8, 4) is 0 Å². The molecule has 1 unspecified atom stereocenters. The van der Waals surface area contributed by atoms with Gasteiger partial charge in [0.05, 0.1) is 0 Å². The van der Waals surface area contributed by atoms with E-state index in [1.165, 1.54) is 52.2 Å². The molecule has 2 aliphatic rings. The molecule has 1 aromatic rings. The second-order valence-corrected chi connectivity index (χ2v) is 8.61. The molecule has 1 atom stereocenters. The Labute approximate surface area is 161 Å². The number of rotatable bonds is 1. The van der Waals surface area contributed by atoms with Crippen LogP contribution in [0, 0.1) is 5.41 Å². The van der Waals surface area contributed by atoms with Gasteiger partial charge in [-0.1, -0.05) is 0 Å². The van der Waals surface area contributed by atoms with Gasteiger partial charge in [0.25, 0.3) is 0 Å². The molecular weight excluding hydrogens is 478 g/mol. The van der Waals surface area contributed by atoms with Crippen molar-refractivity contribution in [2.24, 2.45) is 5.41 Å². The van der Waals surface area contributed by atoms with Crippen LogP contribution in [0.25, 0.3) is 6.08 Å². The maximum Gasteiger partial charge on any atom is -1.00 e. The molecule has 0 aliphatic heterocycles. The molecule has 0 radical (unpaired) electrons. The van der Waals surface area contributed by atoms with Crippen LogP contribution in [0.3, 0.4) is 0 Å². The van der Waals surface area contributed by atoms with E-state index in [1.54, 1.807) is 11.1 Å². The summed E-state index contributed by atoms with van der Waals surface area (Å²) in [6.45, 7) is 11.7. The summed E-state index contributed by atoms with van der Waals surface area (Å²) < 4.78 is 0.647. The van der Waals surface area contributed by atoms with Crippen LogP contribution in [0.5, 0.6) is 0 Å². The summed E-state index contributed by atoms with van der Waals surface area (Å²) in [7, 11) is 0. The molecule has 0 saturated heterocycles. The largest absolute Gasteiger partial charge is 1.00 e. The van der Waals surface area contributed by atoms with Crippen LogP contribution in [-0.2, 0) is 24.4 Å². The van der Waals surface area contributed by atoms with E-state index in [0.717, 1.165) is 0 Å². The van der Waals surface area contributed by atoms with Gasteiger partial charge >= 0.3 is 137 Å². The molecule has 1 aromatic carbocycles. The average molecular weight is 499 g/mol. The van der Waals surface area contributed by atoms with Crippen LogP contribution >= 0.6 is 0 Å². The standard InChI is InChI=1S/C19H21.2ClH.Hf/c1-12-13(2)18(19(4,5)14(12)3)17-10-15-8-6-7-9-16(15)11-17;;;/h6-11H,1-5H3;2*1H;/q;;;+2/p-2. The zero-order chi connectivity index (χ0) is 14.7. The van der Waals surface area contributed by atoms with Crippen LogP contribution < -0.4 is 24.8 Å². The van der Waals surface area contributed by atoms with Gasteiger partial charge in [-0.05, 0) is 0 Å². The average Bonchev–Trinajstić information content (AvgIpc) is 2.81. The summed E-state index contributed by atoms with van der Waals surface area (Å²) in [5, 5.41) is 0. The van der Waals surface area contributed by atoms with Crippen LogP contribution in [0.15, 0.2) is 52.1 Å². The minimum absolute atomic E-state index is 0. The summed E-state index contributed by atoms with van der Waals surface area (Å²) in [4.78, 5) is 0. The molecule has 0 aromatic heterocycles. The molecule has 3 rings (SSSR count). The van der Waals surface area contributed by atoms with E-state index in [-0.39, 0.29) is 30.2 Å². The minimum atomic E-state index is 0. The number of halogens is 2. The van der Waals surface area contributed by atoms with Gasteiger partial charge in [0.1, 0.15) is 0 Å². The maximum absolute atomic E-state index is 2.44. The first-order valence-corrected chi connectivity index (χ1v) is 9.34. The summed E-state index contributed by atoms with van der Waals surface area (Å²) >= 11 is 1.18. The zero-order valence-electron chi connectivity index (χ0n) is 13.7. The van der Waals surface area contributed by atoms with Gasteiger partial charge < -0.3 is 24.8 Å². The summed E-state index contributed by atoms with van der Waals surface area (Å²) in [6, 6.07) is 8.90. The third-order valence-electron chi connectivity index (χ3n) is 5.28. The second kappa shape index (κ2) is 6.79. The van der Waals surface area contributed by atoms with Gasteiger partial charge in [0.2, 0.25) is 0 Å². The first-order valence-electron chi connectivity index (χ1n) is 7.27. The second-order valence-electron chi connectivity index (χ2n) is 6.54. The fraction of sp³-hybridized carbons (Fsp3) is 0.368. The maximum atomic E-state index is 2.44. The topological polar surface area (TPSA) is 0 Å². The number of fused-ring (bicyclic) bond motifs is 1. The predicted molar refractivity (Wildman–Crippen MR) is 82.0 cm³/mol. The Kier molecular flexibility index (Phi) is 6.15. The number of allylic oxidation sites excluding steroid dienone is 5. The van der Waals surface area contributed by atoms with Gasteiger partial charge in [-0.15, -0.1) is 0 Å². The van der Waals surface area contributed by atoms with Gasteiger partial charge in [-0.25, -0.2) is 0 Å². The summed E-state index contributed by atoms with van der Waals surface area (Å²) in [6.07, 6.45) is 2.44. The summed E-state index contributed by atoms with van der Waals surface area (Å²) in [5.41, 5.74) is 10.9. The molecule has 0 heterocycles. The van der Waals surface area contributed by atoms with Crippen molar-refractivity contribution in [3.63, 3.8) is 0 Å². The van der Waals surface area contributed by atoms with Crippen molar-refractivity contribution in [1.82, 2.24) is 0 Å². The molecule has 0 fully saturated rings. The first-order chi connectivity index (χ1) is 9.35. The predicted octanol–water partition coefficient (Wildman–Crippen LogP) is -0.628. The number of hydrogen-bond acceptors (Lipinski definition) is 0. The first kappa shape index (κ1) is 19.9. The molecule has 0 nitrogen and oxygen atoms in total. The molecule has 0 N–H and O–H groups in total. The van der Waals surface area contributed by atoms with Crippen molar-refractivity contribution in [3.05, 3.63) is 63.3 Å². The van der Waals surface area contributed by atoms with Crippen molar-refractivity contribution in [1.29, 1.82) is 0 Å². The number of benzene rings is 1. The van der Waals surface area contributed by atoms with Gasteiger partial charge in [-0.2, -0.15) is 0 Å². The molecule has 3 heteroatoms. The Hall–Kier alpha value is -0.110. The van der Waals surface area contributed by atoms with E-state index in [2.05, 4.69) is 65.0 Å². The van der Waals surface area contributed by atoms with Crippen molar-refractivity contribution in [2.75, 3.05) is 0 Å². The van der Waals surface area contributed by atoms with Gasteiger partial charge in [0.15, 0.2) is 0 Å². The monoisotopic (exact) mass is 499 g/mol. The van der Waals surface area contributed by atoms with Crippen LogP contribution in [0.4, 0.5) is 0 Å². The fourth-order valence-electron chi connectivity index (χ4n) is 3.71. The van der Waals surface area contributed by atoms with E-state index in [0.29, 0.717) is 3.67 Å². The Morgan fingerprint density at radius 3 is 2.05 bits per heavy atom. The molecular formula is C19H21Cl2Hf. The van der Waals surface area contributed by atoms with Crippen molar-refractivity contribution in [2.45, 2.75) is 38.3 Å². The fourth-order valence-corrected chi connectivity index (χ4v) is 5.47. The van der Waals surface area contributed by atoms with E-state index in [4.69, 9.17) is 0 Å². The number of hydrogen-bond donors (Lipinski definition) is 0. The zero-order valence-corrected chi connectivity index (χ0v) is 18.8. The molecule has 0 spiro atoms. The molecule has 115 valence electrons. The Bertz CT molecular complexity index is 693. The molecule has 2 aliphatic carbocycles. The van der Waals surface area contributed by atoms with Gasteiger partial charge in [0, 0.05) is 0 Å². The Morgan fingerprint density at radius 2 is 1.55 bits per heavy atom. The van der Waals surface area contributed by atoms with Crippen molar-refractivity contribution >= 4 is 6.08 Å². The normalized spacial score (nSPS) is 22.1. The Morgan fingerprint density at radius 1 is 0.955 bits per heavy atom. The third kappa shape index (κ3) is 2.74. The van der Waals surface area contributed by atoms with E-state index >= 15 is 0 Å². The molecule has 0 saturated carbocycles. The molecule has 22 heavy (non-hydrogen) atoms. The van der Waals surface area contributed by atoms with Gasteiger partial charge in [-0.3, -0.25) is 0 Å². The van der Waals surface area contributed by atoms with E-state index in [9.17, 15) is 0 Å². The minimum Gasteiger partial charge on any atom is -1.00 e. The van der Waals surface area contributed by atoms with E-state index < -0.39 is 0 Å².